The fraction of sp³-hybridized carbons (Fsp3) is 0.565. The second kappa shape index (κ2) is 8.44. The number of likely N-dealkylation sites (tertiary alicyclic amines) is 1. The number of hydrogen-bond acceptors (Lipinski definition) is 6. The maximum Gasteiger partial charge on any atom is 0.348 e. The van der Waals surface area contributed by atoms with Gasteiger partial charge in [0.1, 0.15) is 12.4 Å². The Hall–Kier alpha value is -3.10. The number of aryl methyl sites for hydroxylation is 3. The van der Waals surface area contributed by atoms with Crippen molar-refractivity contribution in [3.8, 4) is 0 Å². The van der Waals surface area contributed by atoms with Gasteiger partial charge in [0, 0.05) is 35.7 Å². The normalized spacial score (nSPS) is 18.1. The molecule has 1 unspecified atom stereocenters. The molecule has 0 bridgehead atoms. The first-order valence-corrected chi connectivity index (χ1v) is 11.2. The molecule has 1 fully saturated rings. The van der Waals surface area contributed by atoms with Gasteiger partial charge in [-0.3, -0.25) is 19.1 Å². The predicted molar refractivity (Wildman–Crippen MR) is 119 cm³/mol. The molecule has 170 valence electrons. The molecule has 1 atom stereocenters. The molecule has 1 saturated heterocycles. The number of carbonyl (C=O) groups is 2. The number of aromatic nitrogens is 4. The molecule has 4 rings (SSSR count). The highest BCUT2D eigenvalue weighted by atomic mass is 16.2. The van der Waals surface area contributed by atoms with E-state index >= 15 is 0 Å². The van der Waals surface area contributed by atoms with E-state index in [-0.39, 0.29) is 24.4 Å². The van der Waals surface area contributed by atoms with Crippen LogP contribution in [0.5, 0.6) is 0 Å². The van der Waals surface area contributed by atoms with Gasteiger partial charge in [0.2, 0.25) is 11.8 Å². The van der Waals surface area contributed by atoms with Crippen LogP contribution in [-0.2, 0) is 22.6 Å². The predicted octanol–water partition coefficient (Wildman–Crippen LogP) is 1.87. The lowest BCUT2D eigenvalue weighted by molar-refractivity contribution is -0.133. The Labute approximate surface area is 187 Å². The van der Waals surface area contributed by atoms with Crippen LogP contribution < -0.4 is 10.6 Å². The minimum atomic E-state index is -0.418. The highest BCUT2D eigenvalue weighted by Gasteiger charge is 2.36. The van der Waals surface area contributed by atoms with E-state index < -0.39 is 5.69 Å². The molecule has 2 aliphatic rings. The Morgan fingerprint density at radius 3 is 2.59 bits per heavy atom. The zero-order valence-corrected chi connectivity index (χ0v) is 19.4. The van der Waals surface area contributed by atoms with Gasteiger partial charge < -0.3 is 4.90 Å². The number of hydrogen-bond donors (Lipinski definition) is 0. The molecular formula is C23H30N6O3. The Morgan fingerprint density at radius 2 is 1.91 bits per heavy atom. The number of nitrogens with zero attached hydrogens (tertiary/aromatic N) is 6. The summed E-state index contributed by atoms with van der Waals surface area (Å²) in [7, 11) is 0. The minimum Gasteiger partial charge on any atom is -0.331 e. The summed E-state index contributed by atoms with van der Waals surface area (Å²) in [5.74, 6) is 1.46. The van der Waals surface area contributed by atoms with Crippen LogP contribution in [0, 0.1) is 26.7 Å². The number of anilines is 1. The topological polar surface area (TPSA) is 101 Å². The van der Waals surface area contributed by atoms with E-state index in [4.69, 9.17) is 9.97 Å². The first-order valence-electron chi connectivity index (χ1n) is 11.2. The highest BCUT2D eigenvalue weighted by Crippen LogP contribution is 2.35. The van der Waals surface area contributed by atoms with E-state index in [2.05, 4.69) is 18.8 Å². The average Bonchev–Trinajstić information content (AvgIpc) is 3.30. The van der Waals surface area contributed by atoms with E-state index in [1.165, 1.54) is 4.57 Å². The van der Waals surface area contributed by atoms with Gasteiger partial charge in [-0.25, -0.2) is 14.8 Å². The zero-order valence-electron chi connectivity index (χ0n) is 19.4. The van der Waals surface area contributed by atoms with Crippen molar-refractivity contribution < 1.29 is 9.59 Å². The molecule has 0 aromatic carbocycles. The van der Waals surface area contributed by atoms with Crippen molar-refractivity contribution in [3.63, 3.8) is 0 Å². The Kier molecular flexibility index (Phi) is 5.83. The molecule has 0 saturated carbocycles. The second-order valence-electron chi connectivity index (χ2n) is 9.20. The van der Waals surface area contributed by atoms with E-state index in [0.717, 1.165) is 24.1 Å². The van der Waals surface area contributed by atoms with E-state index in [1.54, 1.807) is 29.7 Å². The van der Waals surface area contributed by atoms with Gasteiger partial charge in [-0.05, 0) is 45.6 Å². The third-order valence-corrected chi connectivity index (χ3v) is 6.15. The number of amides is 2. The maximum atomic E-state index is 13.2. The molecule has 4 heterocycles. The zero-order chi connectivity index (χ0) is 23.2. The number of fused-ring (bicyclic) bond motifs is 1. The summed E-state index contributed by atoms with van der Waals surface area (Å²) < 4.78 is 1.41. The van der Waals surface area contributed by atoms with Crippen molar-refractivity contribution in [3.05, 3.63) is 45.0 Å². The van der Waals surface area contributed by atoms with Crippen molar-refractivity contribution in [2.75, 3.05) is 18.0 Å². The quantitative estimate of drug-likeness (QED) is 0.706. The Bertz CT molecular complexity index is 1140. The first-order chi connectivity index (χ1) is 15.2. The SMILES string of the molecule is Cc1cc(C)n(CC(=O)N2CCCC2c2nc(C)c3c(n2)N(CC(C)C)C(=O)C3)c(=O)n1. The molecule has 2 amide bonds. The molecule has 2 aromatic rings. The molecule has 2 aliphatic heterocycles. The highest BCUT2D eigenvalue weighted by molar-refractivity contribution is 6.00. The van der Waals surface area contributed by atoms with Gasteiger partial charge in [-0.1, -0.05) is 13.8 Å². The van der Waals surface area contributed by atoms with Gasteiger partial charge in [-0.15, -0.1) is 0 Å². The summed E-state index contributed by atoms with van der Waals surface area (Å²) in [6.07, 6.45) is 1.91. The third kappa shape index (κ3) is 4.03. The van der Waals surface area contributed by atoms with Crippen LogP contribution in [0.2, 0.25) is 0 Å². The van der Waals surface area contributed by atoms with Crippen LogP contribution in [0.4, 0.5) is 5.82 Å². The molecule has 0 aliphatic carbocycles. The summed E-state index contributed by atoms with van der Waals surface area (Å²) in [5, 5.41) is 0. The minimum absolute atomic E-state index is 0.0457. The lowest BCUT2D eigenvalue weighted by Gasteiger charge is -2.26. The van der Waals surface area contributed by atoms with E-state index in [0.29, 0.717) is 48.5 Å². The molecule has 0 N–H and O–H groups in total. The van der Waals surface area contributed by atoms with Crippen LogP contribution in [-0.4, -0.2) is 49.3 Å². The summed E-state index contributed by atoms with van der Waals surface area (Å²) in [6.45, 7) is 10.7. The molecule has 32 heavy (non-hydrogen) atoms. The van der Waals surface area contributed by atoms with Crippen LogP contribution >= 0.6 is 0 Å². The maximum absolute atomic E-state index is 13.2. The largest absolute Gasteiger partial charge is 0.348 e. The van der Waals surface area contributed by atoms with Crippen LogP contribution in [0.3, 0.4) is 0 Å². The molecule has 2 aromatic heterocycles. The van der Waals surface area contributed by atoms with Gasteiger partial charge in [0.05, 0.1) is 12.5 Å². The van der Waals surface area contributed by atoms with E-state index in [9.17, 15) is 14.4 Å². The summed E-state index contributed by atoms with van der Waals surface area (Å²) in [4.78, 5) is 55.0. The molecular weight excluding hydrogens is 408 g/mol. The molecule has 9 nitrogen and oxygen atoms in total. The van der Waals surface area contributed by atoms with Crippen molar-refractivity contribution in [1.29, 1.82) is 0 Å². The summed E-state index contributed by atoms with van der Waals surface area (Å²) >= 11 is 0. The number of carbonyl (C=O) groups excluding carboxylic acids is 2. The monoisotopic (exact) mass is 438 g/mol. The molecule has 0 spiro atoms. The van der Waals surface area contributed by atoms with Crippen LogP contribution in [0.1, 0.15) is 61.2 Å². The number of rotatable bonds is 5. The molecule has 9 heteroatoms. The van der Waals surface area contributed by atoms with Crippen molar-refractivity contribution in [2.45, 2.75) is 66.5 Å². The lowest BCUT2D eigenvalue weighted by atomic mass is 10.1. The van der Waals surface area contributed by atoms with E-state index in [1.807, 2.05) is 6.92 Å². The van der Waals surface area contributed by atoms with Gasteiger partial charge in [-0.2, -0.15) is 4.98 Å². The fourth-order valence-electron chi connectivity index (χ4n) is 4.63. The summed E-state index contributed by atoms with van der Waals surface area (Å²) in [5.41, 5.74) is 2.60. The standard InChI is InChI=1S/C23H30N6O3/c1-13(2)11-29-19(30)10-17-16(5)25-21(26-22(17)29)18-7-6-8-27(18)20(31)12-28-15(4)9-14(3)24-23(28)32/h9,13,18H,6-8,10-12H2,1-5H3. The fourth-order valence-corrected chi connectivity index (χ4v) is 4.63. The lowest BCUT2D eigenvalue weighted by Crippen LogP contribution is -2.38. The first kappa shape index (κ1) is 22.1. The smallest absolute Gasteiger partial charge is 0.331 e. The second-order valence-corrected chi connectivity index (χ2v) is 9.20. The van der Waals surface area contributed by atoms with Crippen LogP contribution in [0.25, 0.3) is 0 Å². The Morgan fingerprint density at radius 1 is 1.16 bits per heavy atom. The Balaban J connectivity index is 1.62. The summed E-state index contributed by atoms with van der Waals surface area (Å²) in [6, 6.07) is 1.53. The molecule has 0 radical (unpaired) electrons. The van der Waals surface area contributed by atoms with Gasteiger partial charge in [0.15, 0.2) is 5.82 Å². The van der Waals surface area contributed by atoms with Gasteiger partial charge in [0.25, 0.3) is 0 Å². The van der Waals surface area contributed by atoms with Crippen molar-refractivity contribution in [1.82, 2.24) is 24.4 Å². The van der Waals surface area contributed by atoms with Gasteiger partial charge >= 0.3 is 5.69 Å². The van der Waals surface area contributed by atoms with Crippen molar-refractivity contribution in [2.24, 2.45) is 5.92 Å². The third-order valence-electron chi connectivity index (χ3n) is 6.15. The van der Waals surface area contributed by atoms with Crippen molar-refractivity contribution >= 4 is 17.6 Å². The van der Waals surface area contributed by atoms with Crippen LogP contribution in [0.15, 0.2) is 10.9 Å². The average molecular weight is 439 g/mol.